The van der Waals surface area contributed by atoms with Gasteiger partial charge in [0.25, 0.3) is 0 Å². The number of aliphatic hydroxyl groups excluding tert-OH is 1. The number of aliphatic hydroxyl groups is 1. The molecule has 1 aromatic rings. The Hall–Kier alpha value is -0.903. The standard InChI is InChI=1S/C21H36O2Si/c1-17(2)24(18(3)4,19(5)6)23-15-13-21(12-14-22)16-20-10-8-7-9-11-20/h7-12,17-19,22H,13-16H2,1-6H3/b21-12-. The summed E-state index contributed by atoms with van der Waals surface area (Å²) in [7, 11) is -1.80. The van der Waals surface area contributed by atoms with Gasteiger partial charge in [-0.1, -0.05) is 83.5 Å². The van der Waals surface area contributed by atoms with E-state index < -0.39 is 8.32 Å². The van der Waals surface area contributed by atoms with Crippen LogP contribution in [0.15, 0.2) is 42.0 Å². The molecule has 0 spiro atoms. The lowest BCUT2D eigenvalue weighted by Gasteiger charge is -2.42. The molecule has 0 atom stereocenters. The molecule has 1 N–H and O–H groups in total. The third-order valence-corrected chi connectivity index (χ3v) is 11.3. The van der Waals surface area contributed by atoms with Gasteiger partial charge in [-0.15, -0.1) is 0 Å². The fourth-order valence-electron chi connectivity index (χ4n) is 4.11. The zero-order valence-corrected chi connectivity index (χ0v) is 17.4. The van der Waals surface area contributed by atoms with Gasteiger partial charge in [0.05, 0.1) is 6.61 Å². The van der Waals surface area contributed by atoms with Gasteiger partial charge in [0.2, 0.25) is 0 Å². The quantitative estimate of drug-likeness (QED) is 0.432. The zero-order valence-electron chi connectivity index (χ0n) is 16.4. The Bertz CT molecular complexity index is 470. The van der Waals surface area contributed by atoms with E-state index in [2.05, 4.69) is 65.8 Å². The van der Waals surface area contributed by atoms with Crippen LogP contribution in [0.1, 0.15) is 53.5 Å². The molecule has 0 saturated carbocycles. The van der Waals surface area contributed by atoms with Crippen molar-refractivity contribution >= 4 is 8.32 Å². The Morgan fingerprint density at radius 2 is 1.54 bits per heavy atom. The normalized spacial score (nSPS) is 13.3. The van der Waals surface area contributed by atoms with Crippen molar-refractivity contribution in [1.82, 2.24) is 0 Å². The van der Waals surface area contributed by atoms with Gasteiger partial charge < -0.3 is 9.53 Å². The molecule has 2 nitrogen and oxygen atoms in total. The second-order valence-electron chi connectivity index (χ2n) is 7.62. The van der Waals surface area contributed by atoms with Crippen molar-refractivity contribution in [3.63, 3.8) is 0 Å². The second-order valence-corrected chi connectivity index (χ2v) is 13.1. The highest BCUT2D eigenvalue weighted by Gasteiger charge is 2.44. The molecular weight excluding hydrogens is 312 g/mol. The summed E-state index contributed by atoms with van der Waals surface area (Å²) in [5, 5.41) is 9.33. The Morgan fingerprint density at radius 3 is 2.00 bits per heavy atom. The van der Waals surface area contributed by atoms with Gasteiger partial charge in [0.15, 0.2) is 8.32 Å². The van der Waals surface area contributed by atoms with Gasteiger partial charge in [-0.25, -0.2) is 0 Å². The van der Waals surface area contributed by atoms with E-state index in [1.165, 1.54) is 11.1 Å². The average Bonchev–Trinajstić information content (AvgIpc) is 2.51. The van der Waals surface area contributed by atoms with Gasteiger partial charge >= 0.3 is 0 Å². The summed E-state index contributed by atoms with van der Waals surface area (Å²) in [6, 6.07) is 10.5. The first-order valence-electron chi connectivity index (χ1n) is 9.31. The van der Waals surface area contributed by atoms with Crippen molar-refractivity contribution in [2.24, 2.45) is 0 Å². The van der Waals surface area contributed by atoms with E-state index in [0.717, 1.165) is 19.4 Å². The Kier molecular flexibility index (Phi) is 8.96. The molecule has 0 heterocycles. The van der Waals surface area contributed by atoms with Crippen LogP contribution in [0, 0.1) is 0 Å². The van der Waals surface area contributed by atoms with Gasteiger partial charge in [-0.05, 0) is 35.0 Å². The minimum atomic E-state index is -1.80. The summed E-state index contributed by atoms with van der Waals surface area (Å²) in [6.07, 6.45) is 3.74. The van der Waals surface area contributed by atoms with E-state index in [1.54, 1.807) is 0 Å². The maximum atomic E-state index is 9.33. The van der Waals surface area contributed by atoms with Crippen LogP contribution in [0.4, 0.5) is 0 Å². The third kappa shape index (κ3) is 5.57. The molecule has 1 rings (SSSR count). The third-order valence-electron chi connectivity index (χ3n) is 5.14. The fraction of sp³-hybridized carbons (Fsp3) is 0.619. The van der Waals surface area contributed by atoms with Crippen LogP contribution in [0.5, 0.6) is 0 Å². The number of hydrogen-bond donors (Lipinski definition) is 1. The van der Waals surface area contributed by atoms with Crippen LogP contribution in [0.3, 0.4) is 0 Å². The lowest BCUT2D eigenvalue weighted by atomic mass is 10.0. The van der Waals surface area contributed by atoms with Crippen molar-refractivity contribution in [2.75, 3.05) is 13.2 Å². The molecule has 1 aromatic carbocycles. The van der Waals surface area contributed by atoms with Gasteiger partial charge in [-0.3, -0.25) is 0 Å². The molecular formula is C21H36O2Si. The number of hydrogen-bond acceptors (Lipinski definition) is 2. The summed E-state index contributed by atoms with van der Waals surface area (Å²) < 4.78 is 6.64. The fourth-order valence-corrected chi connectivity index (χ4v) is 9.56. The average molecular weight is 349 g/mol. The lowest BCUT2D eigenvalue weighted by molar-refractivity contribution is 0.279. The molecule has 0 aliphatic heterocycles. The van der Waals surface area contributed by atoms with Crippen molar-refractivity contribution in [1.29, 1.82) is 0 Å². The van der Waals surface area contributed by atoms with E-state index >= 15 is 0 Å². The molecule has 0 saturated heterocycles. The lowest BCUT2D eigenvalue weighted by Crippen LogP contribution is -2.48. The Balaban J connectivity index is 2.74. The highest BCUT2D eigenvalue weighted by Crippen LogP contribution is 2.42. The van der Waals surface area contributed by atoms with Crippen molar-refractivity contribution in [2.45, 2.75) is 71.0 Å². The molecule has 0 fully saturated rings. The predicted molar refractivity (Wildman–Crippen MR) is 107 cm³/mol. The highest BCUT2D eigenvalue weighted by atomic mass is 28.4. The summed E-state index contributed by atoms with van der Waals surface area (Å²) in [4.78, 5) is 0. The molecule has 0 amide bonds. The second kappa shape index (κ2) is 10.2. The van der Waals surface area contributed by atoms with Crippen molar-refractivity contribution < 1.29 is 9.53 Å². The van der Waals surface area contributed by atoms with E-state index in [0.29, 0.717) is 16.6 Å². The minimum Gasteiger partial charge on any atom is -0.416 e. The predicted octanol–water partition coefficient (Wildman–Crippen LogP) is 5.73. The van der Waals surface area contributed by atoms with Crippen LogP contribution in [-0.2, 0) is 10.8 Å². The maximum absolute atomic E-state index is 9.33. The molecule has 0 aliphatic rings. The highest BCUT2D eigenvalue weighted by molar-refractivity contribution is 6.77. The number of rotatable bonds is 10. The molecule has 0 aliphatic carbocycles. The van der Waals surface area contributed by atoms with E-state index in [-0.39, 0.29) is 6.61 Å². The van der Waals surface area contributed by atoms with Crippen LogP contribution in [0.25, 0.3) is 0 Å². The zero-order chi connectivity index (χ0) is 18.2. The summed E-state index contributed by atoms with van der Waals surface area (Å²) in [5.74, 6) is 0. The van der Waals surface area contributed by atoms with Gasteiger partial charge in [-0.2, -0.15) is 0 Å². The van der Waals surface area contributed by atoms with Crippen LogP contribution >= 0.6 is 0 Å². The molecule has 0 aromatic heterocycles. The molecule has 0 radical (unpaired) electrons. The van der Waals surface area contributed by atoms with Crippen LogP contribution in [-0.4, -0.2) is 26.6 Å². The maximum Gasteiger partial charge on any atom is 0.200 e. The molecule has 136 valence electrons. The van der Waals surface area contributed by atoms with E-state index in [1.807, 2.05) is 12.1 Å². The minimum absolute atomic E-state index is 0.100. The van der Waals surface area contributed by atoms with Crippen LogP contribution < -0.4 is 0 Å². The first-order valence-corrected chi connectivity index (χ1v) is 11.4. The van der Waals surface area contributed by atoms with Crippen LogP contribution in [0.2, 0.25) is 16.6 Å². The summed E-state index contributed by atoms with van der Waals surface area (Å²) in [5.41, 5.74) is 4.38. The SMILES string of the molecule is CC(C)[Si](OCC/C(=C/CO)Cc1ccccc1)(C(C)C)C(C)C. The molecule has 24 heavy (non-hydrogen) atoms. The monoisotopic (exact) mass is 348 g/mol. The largest absolute Gasteiger partial charge is 0.416 e. The Labute approximate surface area is 150 Å². The van der Waals surface area contributed by atoms with E-state index in [9.17, 15) is 5.11 Å². The first-order chi connectivity index (χ1) is 11.3. The molecule has 3 heteroatoms. The van der Waals surface area contributed by atoms with Crippen molar-refractivity contribution in [3.05, 3.63) is 47.5 Å². The first kappa shape index (κ1) is 21.1. The van der Waals surface area contributed by atoms with Gasteiger partial charge in [0.1, 0.15) is 0 Å². The topological polar surface area (TPSA) is 29.5 Å². The Morgan fingerprint density at radius 1 is 1.00 bits per heavy atom. The number of benzene rings is 1. The summed E-state index contributed by atoms with van der Waals surface area (Å²) in [6.45, 7) is 14.8. The summed E-state index contributed by atoms with van der Waals surface area (Å²) >= 11 is 0. The smallest absolute Gasteiger partial charge is 0.200 e. The molecule has 0 unspecified atom stereocenters. The van der Waals surface area contributed by atoms with Gasteiger partial charge in [0, 0.05) is 6.61 Å². The van der Waals surface area contributed by atoms with E-state index in [4.69, 9.17) is 4.43 Å². The molecule has 0 bridgehead atoms. The van der Waals surface area contributed by atoms with Crippen molar-refractivity contribution in [3.8, 4) is 0 Å².